The molecule has 26 heteroatoms. The lowest BCUT2D eigenvalue weighted by molar-refractivity contribution is -0.373. The summed E-state index contributed by atoms with van der Waals surface area (Å²) in [5.74, 6) is -5.34. The maximum atomic E-state index is 14.3. The number of ether oxygens (including phenoxy) is 14. The van der Waals surface area contributed by atoms with Crippen molar-refractivity contribution < 1.29 is 105 Å². The fourth-order valence-corrected chi connectivity index (χ4v) is 9.35. The molecule has 0 aliphatic carbocycles. The van der Waals surface area contributed by atoms with Gasteiger partial charge < -0.3 is 76.7 Å². The van der Waals surface area contributed by atoms with Crippen LogP contribution in [-0.4, -0.2) is 163 Å². The fourth-order valence-electron chi connectivity index (χ4n) is 9.19. The van der Waals surface area contributed by atoms with Crippen molar-refractivity contribution in [2.45, 2.75) is 144 Å². The van der Waals surface area contributed by atoms with Crippen LogP contribution in [0.5, 0.6) is 0 Å². The van der Waals surface area contributed by atoms with E-state index in [9.17, 15) is 38.7 Å². The molecule has 3 fully saturated rings. The first kappa shape index (κ1) is 64.1. The van der Waals surface area contributed by atoms with Gasteiger partial charge in [0.25, 0.3) is 0 Å². The number of nitrogens with one attached hydrogen (secondary N) is 1. The molecule has 0 radical (unpaired) electrons. The third kappa shape index (κ3) is 18.8. The molecule has 83 heavy (non-hydrogen) atoms. The number of carbonyl (C=O) groups excluding carboxylic acids is 7. The van der Waals surface area contributed by atoms with Crippen molar-refractivity contribution in [3.05, 3.63) is 144 Å². The monoisotopic (exact) mass is 1220 g/mol. The molecular formula is C57H62Cl3NO22. The molecule has 4 aromatic carbocycles. The predicted octanol–water partition coefficient (Wildman–Crippen LogP) is 6.02. The van der Waals surface area contributed by atoms with Gasteiger partial charge in [0.1, 0.15) is 49.8 Å². The van der Waals surface area contributed by atoms with Crippen molar-refractivity contribution in [3.8, 4) is 0 Å². The highest BCUT2D eigenvalue weighted by Crippen LogP contribution is 2.38. The van der Waals surface area contributed by atoms with Crippen LogP contribution in [0.3, 0.4) is 0 Å². The Bertz CT molecular complexity index is 2780. The van der Waals surface area contributed by atoms with E-state index in [2.05, 4.69) is 5.32 Å². The van der Waals surface area contributed by atoms with E-state index in [1.807, 2.05) is 0 Å². The lowest BCUT2D eigenvalue weighted by atomic mass is 9.94. The highest BCUT2D eigenvalue weighted by Gasteiger charge is 2.59. The summed E-state index contributed by atoms with van der Waals surface area (Å²) in [6, 6.07) is 31.7. The number of carbonyl (C=O) groups is 7. The molecule has 3 aliphatic heterocycles. The number of hydrogen-bond donors (Lipinski definition) is 2. The van der Waals surface area contributed by atoms with Crippen LogP contribution in [0.2, 0.25) is 0 Å². The maximum Gasteiger partial charge on any atom is 0.407 e. The van der Waals surface area contributed by atoms with Gasteiger partial charge in [0.15, 0.2) is 49.4 Å². The van der Waals surface area contributed by atoms with Gasteiger partial charge in [-0.05, 0) is 42.3 Å². The van der Waals surface area contributed by atoms with E-state index in [0.29, 0.717) is 11.1 Å². The topological polar surface area (TPSA) is 281 Å². The molecule has 4 aromatic rings. The Hall–Kier alpha value is -6.48. The number of esters is 6. The van der Waals surface area contributed by atoms with Crippen LogP contribution < -0.4 is 5.32 Å². The number of alkyl halides is 3. The number of hydrogen-bond acceptors (Lipinski definition) is 22. The maximum absolute atomic E-state index is 14.3. The number of aliphatic hydroxyl groups is 1. The van der Waals surface area contributed by atoms with Gasteiger partial charge in [-0.3, -0.25) is 19.2 Å². The Balaban J connectivity index is 1.38. The Morgan fingerprint density at radius 1 is 0.506 bits per heavy atom. The van der Waals surface area contributed by atoms with Crippen LogP contribution in [0.15, 0.2) is 121 Å². The molecule has 0 aromatic heterocycles. The SMILES string of the molecule is CC(=O)OC[C@H]1O[C@@H](O[C@H]2[C@H](O[C@@H]3O[C@@H](C)[C@@H](OC(=O)c4ccccc4)[C@@H](OC(=O)c4ccccc4)[C@@H]3OCc3ccccc3)[C@@H](NC(=O)OCC(Cl)(Cl)Cl)[C@@H](O)O[C@@H]2COCc2ccccc2)[C@H](OC(C)=O)[C@@H](OC(C)=O)[C@H]1OC(C)=O. The van der Waals surface area contributed by atoms with Gasteiger partial charge in [-0.25, -0.2) is 14.4 Å². The van der Waals surface area contributed by atoms with Crippen LogP contribution in [0, 0.1) is 0 Å². The average molecular weight is 1220 g/mol. The van der Waals surface area contributed by atoms with Crippen molar-refractivity contribution in [2.24, 2.45) is 0 Å². The Kier molecular flexibility index (Phi) is 23.4. The summed E-state index contributed by atoms with van der Waals surface area (Å²) in [4.78, 5) is 93.1. The largest absolute Gasteiger partial charge is 0.463 e. The van der Waals surface area contributed by atoms with Gasteiger partial charge in [0.2, 0.25) is 3.79 Å². The van der Waals surface area contributed by atoms with Crippen molar-refractivity contribution in [1.82, 2.24) is 5.32 Å². The van der Waals surface area contributed by atoms with Gasteiger partial charge in [-0.15, -0.1) is 0 Å². The number of amides is 1. The minimum Gasteiger partial charge on any atom is -0.463 e. The van der Waals surface area contributed by atoms with E-state index < -0.39 is 158 Å². The molecule has 15 atom stereocenters. The Morgan fingerprint density at radius 3 is 1.52 bits per heavy atom. The molecule has 0 saturated carbocycles. The standard InChI is InChI=1S/C57H62Cl3NO22/c1-31-43(80-51(66)38-22-14-8-15-23-38)47(81-52(67)39-24-16-9-17-25-39)49(72-27-37-20-12-7-13-21-37)54(74-31)83-46-42(61-56(69)73-30-57(58,59)60)53(68)78-40(28-70-26-36-18-10-6-11-19-36)44(46)82-55-50(77-35(5)65)48(76-34(4)64)45(75-33(3)63)41(79-55)29-71-32(2)62/h6-25,31,40-50,53-55,68H,26-30H2,1-5H3,(H,61,69)/t31-,40+,41+,42+,43+,44+,45-,46+,47+,48-,49-,50+,53-,54-,55-/m0/s1. The van der Waals surface area contributed by atoms with Crippen molar-refractivity contribution in [1.29, 1.82) is 0 Å². The summed E-state index contributed by atoms with van der Waals surface area (Å²) in [5, 5.41) is 14.6. The zero-order valence-electron chi connectivity index (χ0n) is 45.4. The van der Waals surface area contributed by atoms with Crippen LogP contribution in [-0.2, 0) is 98.7 Å². The van der Waals surface area contributed by atoms with Gasteiger partial charge in [-0.2, -0.15) is 0 Å². The lowest BCUT2D eigenvalue weighted by Crippen LogP contribution is -2.70. The Morgan fingerprint density at radius 2 is 0.976 bits per heavy atom. The van der Waals surface area contributed by atoms with Crippen molar-refractivity contribution in [3.63, 3.8) is 0 Å². The summed E-state index contributed by atoms with van der Waals surface area (Å²) in [6.07, 6.45) is -24.9. The minimum absolute atomic E-state index is 0.0463. The zero-order chi connectivity index (χ0) is 59.8. The van der Waals surface area contributed by atoms with E-state index >= 15 is 0 Å². The van der Waals surface area contributed by atoms with Gasteiger partial charge in [0.05, 0.1) is 37.1 Å². The molecule has 0 spiro atoms. The summed E-state index contributed by atoms with van der Waals surface area (Å²) in [6.45, 7) is 3.49. The molecule has 7 rings (SSSR count). The quantitative estimate of drug-likeness (QED) is 0.0517. The summed E-state index contributed by atoms with van der Waals surface area (Å²) < 4.78 is 83.8. The third-order valence-electron chi connectivity index (χ3n) is 12.8. The number of benzene rings is 4. The van der Waals surface area contributed by atoms with Crippen LogP contribution in [0.4, 0.5) is 4.79 Å². The fraction of sp³-hybridized carbons (Fsp3) is 0.456. The van der Waals surface area contributed by atoms with Crippen molar-refractivity contribution >= 4 is 76.7 Å². The Labute approximate surface area is 492 Å². The average Bonchev–Trinajstić information content (AvgIpc) is 2.63. The number of alkyl carbamates (subject to hydrolysis) is 1. The normalized spacial score (nSPS) is 27.8. The second kappa shape index (κ2) is 30.4. The summed E-state index contributed by atoms with van der Waals surface area (Å²) in [7, 11) is 0. The van der Waals surface area contributed by atoms with E-state index in [4.69, 9.17) is 101 Å². The molecule has 2 N–H and O–H groups in total. The number of halogens is 3. The number of aliphatic hydroxyl groups excluding tert-OH is 1. The summed E-state index contributed by atoms with van der Waals surface area (Å²) in [5.41, 5.74) is 1.55. The van der Waals surface area contributed by atoms with Crippen LogP contribution in [0.25, 0.3) is 0 Å². The van der Waals surface area contributed by atoms with E-state index in [0.717, 1.165) is 27.7 Å². The predicted molar refractivity (Wildman–Crippen MR) is 288 cm³/mol. The van der Waals surface area contributed by atoms with Crippen LogP contribution >= 0.6 is 34.8 Å². The molecule has 1 amide bonds. The van der Waals surface area contributed by atoms with Gasteiger partial charge in [-0.1, -0.05) is 132 Å². The van der Waals surface area contributed by atoms with Gasteiger partial charge in [0, 0.05) is 27.7 Å². The van der Waals surface area contributed by atoms with Crippen molar-refractivity contribution in [2.75, 3.05) is 19.8 Å². The highest BCUT2D eigenvalue weighted by atomic mass is 35.6. The first-order chi connectivity index (χ1) is 39.6. The highest BCUT2D eigenvalue weighted by molar-refractivity contribution is 6.67. The smallest absolute Gasteiger partial charge is 0.407 e. The molecule has 3 aliphatic rings. The molecule has 3 saturated heterocycles. The molecule has 448 valence electrons. The molecule has 3 heterocycles. The third-order valence-corrected chi connectivity index (χ3v) is 13.1. The zero-order valence-corrected chi connectivity index (χ0v) is 47.7. The second-order valence-corrected chi connectivity index (χ2v) is 21.7. The lowest BCUT2D eigenvalue weighted by Gasteiger charge is -2.50. The summed E-state index contributed by atoms with van der Waals surface area (Å²) >= 11 is 17.9. The number of rotatable bonds is 22. The molecule has 0 bridgehead atoms. The first-order valence-corrected chi connectivity index (χ1v) is 27.2. The molecule has 0 unspecified atom stereocenters. The second-order valence-electron chi connectivity index (χ2n) is 19.1. The first-order valence-electron chi connectivity index (χ1n) is 26.0. The minimum atomic E-state index is -2.13. The van der Waals surface area contributed by atoms with E-state index in [1.165, 1.54) is 31.2 Å². The molecular weight excluding hydrogens is 1160 g/mol. The van der Waals surface area contributed by atoms with E-state index in [1.54, 1.807) is 97.1 Å². The van der Waals surface area contributed by atoms with Crippen LogP contribution in [0.1, 0.15) is 66.5 Å². The molecule has 23 nitrogen and oxygen atoms in total. The van der Waals surface area contributed by atoms with Gasteiger partial charge >= 0.3 is 41.9 Å². The van der Waals surface area contributed by atoms with E-state index in [-0.39, 0.29) is 24.3 Å².